The summed E-state index contributed by atoms with van der Waals surface area (Å²) >= 11 is 0. The first kappa shape index (κ1) is 16.5. The van der Waals surface area contributed by atoms with Gasteiger partial charge in [0.15, 0.2) is 6.61 Å². The van der Waals surface area contributed by atoms with Gasteiger partial charge in [-0.25, -0.2) is 9.48 Å². The van der Waals surface area contributed by atoms with Crippen LogP contribution in [-0.4, -0.2) is 32.7 Å². The molecule has 0 atom stereocenters. The lowest BCUT2D eigenvalue weighted by atomic mass is 10.2. The van der Waals surface area contributed by atoms with Crippen molar-refractivity contribution in [2.45, 2.75) is 13.5 Å². The summed E-state index contributed by atoms with van der Waals surface area (Å²) in [4.78, 5) is 10.5. The summed E-state index contributed by atoms with van der Waals surface area (Å²) in [7, 11) is 0. The SMILES string of the molecule is Cc1ccc(-n2cc(COc3ccc(OCC(=O)O)cc3)nn2)cc1. The molecule has 0 spiro atoms. The van der Waals surface area contributed by atoms with Crippen molar-refractivity contribution in [2.24, 2.45) is 0 Å². The molecule has 0 fully saturated rings. The average molecular weight is 339 g/mol. The van der Waals surface area contributed by atoms with Crippen LogP contribution >= 0.6 is 0 Å². The summed E-state index contributed by atoms with van der Waals surface area (Å²) in [5.41, 5.74) is 2.82. The van der Waals surface area contributed by atoms with Gasteiger partial charge in [-0.2, -0.15) is 0 Å². The van der Waals surface area contributed by atoms with Crippen molar-refractivity contribution >= 4 is 5.97 Å². The molecule has 3 aromatic rings. The Labute approximate surface area is 144 Å². The number of carbonyl (C=O) groups is 1. The number of hydrogen-bond donors (Lipinski definition) is 1. The number of ether oxygens (including phenoxy) is 2. The number of hydrogen-bond acceptors (Lipinski definition) is 5. The van der Waals surface area contributed by atoms with Crippen molar-refractivity contribution in [1.29, 1.82) is 0 Å². The molecule has 0 aliphatic heterocycles. The number of rotatable bonds is 7. The van der Waals surface area contributed by atoms with Crippen molar-refractivity contribution in [3.8, 4) is 17.2 Å². The van der Waals surface area contributed by atoms with E-state index in [1.54, 1.807) is 28.9 Å². The first-order chi connectivity index (χ1) is 12.1. The third-order valence-corrected chi connectivity index (χ3v) is 3.41. The fraction of sp³-hybridized carbons (Fsp3) is 0.167. The molecule has 0 amide bonds. The number of carboxylic acid groups (broad SMARTS) is 1. The minimum Gasteiger partial charge on any atom is -0.487 e. The number of carboxylic acids is 1. The molecule has 0 bridgehead atoms. The first-order valence-corrected chi connectivity index (χ1v) is 7.66. The van der Waals surface area contributed by atoms with E-state index < -0.39 is 5.97 Å². The number of aryl methyl sites for hydroxylation is 1. The maximum atomic E-state index is 10.5. The Hall–Kier alpha value is -3.35. The molecule has 0 saturated heterocycles. The van der Waals surface area contributed by atoms with E-state index in [-0.39, 0.29) is 13.2 Å². The van der Waals surface area contributed by atoms with E-state index in [0.717, 1.165) is 5.69 Å². The van der Waals surface area contributed by atoms with Crippen LogP contribution in [0.15, 0.2) is 54.7 Å². The predicted octanol–water partition coefficient (Wildman–Crippen LogP) is 2.62. The quantitative estimate of drug-likeness (QED) is 0.712. The summed E-state index contributed by atoms with van der Waals surface area (Å²) in [6, 6.07) is 14.7. The van der Waals surface area contributed by atoms with Crippen molar-refractivity contribution < 1.29 is 19.4 Å². The fourth-order valence-corrected chi connectivity index (χ4v) is 2.12. The molecule has 7 nitrogen and oxygen atoms in total. The van der Waals surface area contributed by atoms with Gasteiger partial charge in [-0.1, -0.05) is 22.9 Å². The third kappa shape index (κ3) is 4.57. The van der Waals surface area contributed by atoms with Crippen LogP contribution in [0, 0.1) is 6.92 Å². The van der Waals surface area contributed by atoms with Crippen molar-refractivity contribution in [2.75, 3.05) is 6.61 Å². The van der Waals surface area contributed by atoms with Gasteiger partial charge < -0.3 is 14.6 Å². The molecule has 25 heavy (non-hydrogen) atoms. The zero-order valence-electron chi connectivity index (χ0n) is 13.6. The second kappa shape index (κ2) is 7.48. The largest absolute Gasteiger partial charge is 0.487 e. The van der Waals surface area contributed by atoms with E-state index in [9.17, 15) is 4.79 Å². The van der Waals surface area contributed by atoms with E-state index >= 15 is 0 Å². The Balaban J connectivity index is 1.57. The van der Waals surface area contributed by atoms with Crippen LogP contribution in [0.5, 0.6) is 11.5 Å². The van der Waals surface area contributed by atoms with Gasteiger partial charge in [-0.15, -0.1) is 5.10 Å². The molecular formula is C18H17N3O4. The standard InChI is InChI=1S/C18H17N3O4/c1-13-2-4-15(5-3-13)21-10-14(19-20-21)11-24-16-6-8-17(9-7-16)25-12-18(22)23/h2-10H,11-12H2,1H3,(H,22,23). The van der Waals surface area contributed by atoms with Gasteiger partial charge in [0.2, 0.25) is 0 Å². The Morgan fingerprint density at radius 3 is 2.32 bits per heavy atom. The number of aromatic nitrogens is 3. The normalized spacial score (nSPS) is 10.4. The predicted molar refractivity (Wildman–Crippen MR) is 90.0 cm³/mol. The molecule has 0 aliphatic carbocycles. The van der Waals surface area contributed by atoms with E-state index in [0.29, 0.717) is 17.2 Å². The summed E-state index contributed by atoms with van der Waals surface area (Å²) in [5, 5.41) is 16.8. The van der Waals surface area contributed by atoms with Gasteiger partial charge >= 0.3 is 5.97 Å². The zero-order valence-corrected chi connectivity index (χ0v) is 13.6. The molecular weight excluding hydrogens is 322 g/mol. The monoisotopic (exact) mass is 339 g/mol. The Morgan fingerprint density at radius 1 is 1.04 bits per heavy atom. The lowest BCUT2D eigenvalue weighted by molar-refractivity contribution is -0.139. The molecule has 0 saturated carbocycles. The topological polar surface area (TPSA) is 86.5 Å². The van der Waals surface area contributed by atoms with Gasteiger partial charge in [0.05, 0.1) is 11.9 Å². The lowest BCUT2D eigenvalue weighted by Crippen LogP contribution is -2.09. The van der Waals surface area contributed by atoms with Crippen molar-refractivity contribution in [3.05, 3.63) is 66.0 Å². The van der Waals surface area contributed by atoms with Crippen LogP contribution in [-0.2, 0) is 11.4 Å². The highest BCUT2D eigenvalue weighted by Gasteiger charge is 2.05. The minimum absolute atomic E-state index is 0.279. The number of aliphatic carboxylic acids is 1. The Bertz CT molecular complexity index is 842. The van der Waals surface area contributed by atoms with Gasteiger partial charge in [-0.3, -0.25) is 0 Å². The van der Waals surface area contributed by atoms with Gasteiger partial charge in [0.25, 0.3) is 0 Å². The van der Waals surface area contributed by atoms with E-state index in [1.165, 1.54) is 5.56 Å². The van der Waals surface area contributed by atoms with Gasteiger partial charge in [0, 0.05) is 0 Å². The van der Waals surface area contributed by atoms with E-state index in [1.807, 2.05) is 37.4 Å². The van der Waals surface area contributed by atoms with Crippen LogP contribution in [0.4, 0.5) is 0 Å². The van der Waals surface area contributed by atoms with Crippen molar-refractivity contribution in [3.63, 3.8) is 0 Å². The highest BCUT2D eigenvalue weighted by Crippen LogP contribution is 2.18. The van der Waals surface area contributed by atoms with Crippen LogP contribution in [0.2, 0.25) is 0 Å². The van der Waals surface area contributed by atoms with Crippen molar-refractivity contribution in [1.82, 2.24) is 15.0 Å². The van der Waals surface area contributed by atoms with Crippen LogP contribution < -0.4 is 9.47 Å². The smallest absolute Gasteiger partial charge is 0.341 e. The maximum Gasteiger partial charge on any atom is 0.341 e. The molecule has 0 unspecified atom stereocenters. The molecule has 128 valence electrons. The van der Waals surface area contributed by atoms with Crippen LogP contribution in [0.25, 0.3) is 5.69 Å². The minimum atomic E-state index is -1.02. The highest BCUT2D eigenvalue weighted by molar-refractivity contribution is 5.68. The Morgan fingerprint density at radius 2 is 1.68 bits per heavy atom. The average Bonchev–Trinajstić information content (AvgIpc) is 3.08. The lowest BCUT2D eigenvalue weighted by Gasteiger charge is -2.06. The summed E-state index contributed by atoms with van der Waals surface area (Å²) < 4.78 is 12.4. The second-order valence-corrected chi connectivity index (χ2v) is 5.43. The number of nitrogens with zero attached hydrogens (tertiary/aromatic N) is 3. The van der Waals surface area contributed by atoms with E-state index in [4.69, 9.17) is 14.6 Å². The summed E-state index contributed by atoms with van der Waals surface area (Å²) in [6.07, 6.45) is 1.81. The molecule has 0 radical (unpaired) electrons. The molecule has 1 N–H and O–H groups in total. The Kier molecular flexibility index (Phi) is 4.94. The molecule has 1 aromatic heterocycles. The van der Waals surface area contributed by atoms with Gasteiger partial charge in [0.1, 0.15) is 23.8 Å². The summed E-state index contributed by atoms with van der Waals surface area (Å²) in [6.45, 7) is 1.94. The third-order valence-electron chi connectivity index (χ3n) is 3.41. The second-order valence-electron chi connectivity index (χ2n) is 5.43. The molecule has 3 rings (SSSR count). The first-order valence-electron chi connectivity index (χ1n) is 7.66. The fourth-order valence-electron chi connectivity index (χ4n) is 2.12. The molecule has 7 heteroatoms. The number of benzene rings is 2. The van der Waals surface area contributed by atoms with Crippen LogP contribution in [0.1, 0.15) is 11.3 Å². The summed E-state index contributed by atoms with van der Waals surface area (Å²) in [5.74, 6) is 0.0876. The van der Waals surface area contributed by atoms with Gasteiger partial charge in [-0.05, 0) is 43.3 Å². The van der Waals surface area contributed by atoms with Crippen LogP contribution in [0.3, 0.4) is 0 Å². The maximum absolute atomic E-state index is 10.5. The highest BCUT2D eigenvalue weighted by atomic mass is 16.5. The molecule has 2 aromatic carbocycles. The molecule has 0 aliphatic rings. The van der Waals surface area contributed by atoms with E-state index in [2.05, 4.69) is 10.3 Å². The molecule has 1 heterocycles. The zero-order chi connectivity index (χ0) is 17.6.